The Morgan fingerprint density at radius 2 is 2.03 bits per heavy atom. The van der Waals surface area contributed by atoms with Crippen LogP contribution in [0, 0.1) is 0 Å². The van der Waals surface area contributed by atoms with E-state index < -0.39 is 14.4 Å². The van der Waals surface area contributed by atoms with Gasteiger partial charge in [0.15, 0.2) is 8.32 Å². The number of benzene rings is 1. The van der Waals surface area contributed by atoms with E-state index in [0.717, 1.165) is 52.2 Å². The minimum atomic E-state index is -1.86. The fourth-order valence-corrected chi connectivity index (χ4v) is 7.57. The lowest BCUT2D eigenvalue weighted by atomic mass is 9.92. The molecule has 1 atom stereocenters. The Morgan fingerprint density at radius 1 is 1.24 bits per heavy atom. The van der Waals surface area contributed by atoms with Gasteiger partial charge in [0.25, 0.3) is 0 Å². The number of likely N-dealkylation sites (tertiary alicyclic amines) is 1. The summed E-state index contributed by atoms with van der Waals surface area (Å²) < 4.78 is 7.66. The van der Waals surface area contributed by atoms with Gasteiger partial charge in [-0.3, -0.25) is 4.98 Å². The lowest BCUT2D eigenvalue weighted by molar-refractivity contribution is 0.155. The molecule has 6 nitrogen and oxygen atoms in total. The van der Waals surface area contributed by atoms with Crippen molar-refractivity contribution in [2.45, 2.75) is 70.8 Å². The quantitative estimate of drug-likeness (QED) is 0.326. The number of rotatable bonds is 5. The number of anilines is 1. The number of halogens is 1. The number of carboxylic acid groups (broad SMARTS) is 1. The van der Waals surface area contributed by atoms with Gasteiger partial charge in [0.2, 0.25) is 0 Å². The van der Waals surface area contributed by atoms with Crippen molar-refractivity contribution in [2.24, 2.45) is 0 Å². The summed E-state index contributed by atoms with van der Waals surface area (Å²) >= 11 is 8.42. The summed E-state index contributed by atoms with van der Waals surface area (Å²) in [4.78, 5) is 21.4. The Balaban J connectivity index is 1.54. The molecule has 1 amide bonds. The van der Waals surface area contributed by atoms with Gasteiger partial charge in [0.05, 0.1) is 16.8 Å². The first-order chi connectivity index (χ1) is 17.4. The van der Waals surface area contributed by atoms with Crippen LogP contribution in [0.4, 0.5) is 10.5 Å². The number of fused-ring (bicyclic) bond motifs is 2. The number of hydrogen-bond acceptors (Lipinski definition) is 5. The van der Waals surface area contributed by atoms with Crippen molar-refractivity contribution >= 4 is 53.3 Å². The lowest BCUT2D eigenvalue weighted by Gasteiger charge is -2.38. The molecule has 1 saturated heterocycles. The molecule has 0 spiro atoms. The minimum Gasteiger partial charge on any atom is -0.465 e. The first kappa shape index (κ1) is 26.5. The maximum atomic E-state index is 11.6. The average molecular weight is 558 g/mol. The third-order valence-corrected chi connectivity index (χ3v) is 14.1. The monoisotopic (exact) mass is 557 g/mol. The average Bonchev–Trinajstić information content (AvgIpc) is 3.48. The normalized spacial score (nSPS) is 18.5. The number of aryl methyl sites for hydroxylation is 1. The van der Waals surface area contributed by atoms with E-state index in [-0.39, 0.29) is 11.1 Å². The van der Waals surface area contributed by atoms with Crippen molar-refractivity contribution < 1.29 is 14.3 Å². The molecule has 0 aliphatic carbocycles. The molecule has 0 radical (unpaired) electrons. The third kappa shape index (κ3) is 5.13. The number of aromatic nitrogens is 1. The molecule has 9 heteroatoms. The highest BCUT2D eigenvalue weighted by molar-refractivity contribution is 7.19. The van der Waals surface area contributed by atoms with Gasteiger partial charge >= 0.3 is 6.09 Å². The third-order valence-electron chi connectivity index (χ3n) is 8.30. The van der Waals surface area contributed by atoms with Crippen LogP contribution in [0.25, 0.3) is 21.3 Å². The van der Waals surface area contributed by atoms with E-state index in [9.17, 15) is 9.90 Å². The zero-order valence-electron chi connectivity index (χ0n) is 22.3. The van der Waals surface area contributed by atoms with Crippen LogP contribution in [-0.4, -0.2) is 55.1 Å². The van der Waals surface area contributed by atoms with Crippen LogP contribution >= 0.6 is 22.9 Å². The SMILES string of the molecule is CC(C)(C)[Si](C)(C)OCc1cc2nccc(-c3cc(Cl)cc4c3N(C3CCN(C(=O)O)C3)CCC4)c2s1. The second-order valence-corrected chi connectivity index (χ2v) is 18.1. The van der Waals surface area contributed by atoms with E-state index >= 15 is 0 Å². The van der Waals surface area contributed by atoms with Gasteiger partial charge in [-0.2, -0.15) is 0 Å². The predicted octanol–water partition coefficient (Wildman–Crippen LogP) is 7.64. The van der Waals surface area contributed by atoms with Crippen LogP contribution in [0.15, 0.2) is 30.5 Å². The van der Waals surface area contributed by atoms with Crippen LogP contribution < -0.4 is 4.90 Å². The molecule has 1 N–H and O–H groups in total. The van der Waals surface area contributed by atoms with Gasteiger partial charge in [-0.05, 0) is 67.2 Å². The van der Waals surface area contributed by atoms with Gasteiger partial charge in [0, 0.05) is 58.6 Å². The minimum absolute atomic E-state index is 0.160. The molecule has 3 aromatic rings. The second kappa shape index (κ2) is 9.87. The van der Waals surface area contributed by atoms with E-state index in [1.807, 2.05) is 6.20 Å². The molecule has 5 rings (SSSR count). The van der Waals surface area contributed by atoms with Crippen LogP contribution in [-0.2, 0) is 17.5 Å². The highest BCUT2D eigenvalue weighted by atomic mass is 35.5. The van der Waals surface area contributed by atoms with Crippen molar-refractivity contribution in [1.82, 2.24) is 9.88 Å². The molecule has 1 fully saturated rings. The van der Waals surface area contributed by atoms with Gasteiger partial charge in [-0.1, -0.05) is 32.4 Å². The number of nitrogens with zero attached hydrogens (tertiary/aromatic N) is 3. The first-order valence-corrected chi connectivity index (χ1v) is 17.1. The molecule has 2 aliphatic heterocycles. The predicted molar refractivity (Wildman–Crippen MR) is 156 cm³/mol. The summed E-state index contributed by atoms with van der Waals surface area (Å²) in [5.74, 6) is 0. The molecule has 2 aromatic heterocycles. The molecule has 1 aromatic carbocycles. The Hall–Kier alpha value is -2.13. The number of thiophene rings is 1. The fourth-order valence-electron chi connectivity index (χ4n) is 5.22. The molecule has 37 heavy (non-hydrogen) atoms. The van der Waals surface area contributed by atoms with Crippen LogP contribution in [0.2, 0.25) is 23.2 Å². The molecule has 4 heterocycles. The van der Waals surface area contributed by atoms with Crippen molar-refractivity contribution in [2.75, 3.05) is 24.5 Å². The fraction of sp³-hybridized carbons (Fsp3) is 0.500. The summed E-state index contributed by atoms with van der Waals surface area (Å²) in [6.07, 6.45) is 3.89. The Morgan fingerprint density at radius 3 is 2.73 bits per heavy atom. The summed E-state index contributed by atoms with van der Waals surface area (Å²) in [7, 11) is -1.86. The topological polar surface area (TPSA) is 65.9 Å². The molecular formula is C28H36ClN3O3SSi. The van der Waals surface area contributed by atoms with E-state index in [1.165, 1.54) is 21.0 Å². The van der Waals surface area contributed by atoms with Gasteiger partial charge in [0.1, 0.15) is 0 Å². The number of pyridine rings is 1. The molecular weight excluding hydrogens is 522 g/mol. The maximum Gasteiger partial charge on any atom is 0.407 e. The van der Waals surface area contributed by atoms with E-state index in [0.29, 0.717) is 19.7 Å². The van der Waals surface area contributed by atoms with Crippen molar-refractivity contribution in [3.63, 3.8) is 0 Å². The molecule has 0 bridgehead atoms. The Kier molecular flexibility index (Phi) is 7.07. The molecule has 198 valence electrons. The maximum absolute atomic E-state index is 11.6. The molecule has 2 aliphatic rings. The lowest BCUT2D eigenvalue weighted by Crippen LogP contribution is -2.42. The summed E-state index contributed by atoms with van der Waals surface area (Å²) in [5.41, 5.74) is 5.66. The van der Waals surface area contributed by atoms with Crippen LogP contribution in [0.5, 0.6) is 0 Å². The molecule has 1 unspecified atom stereocenters. The summed E-state index contributed by atoms with van der Waals surface area (Å²) in [5, 5.41) is 10.4. The smallest absolute Gasteiger partial charge is 0.407 e. The van der Waals surface area contributed by atoms with E-state index in [2.05, 4.69) is 68.0 Å². The highest BCUT2D eigenvalue weighted by Gasteiger charge is 2.37. The van der Waals surface area contributed by atoms with Gasteiger partial charge in [-0.25, -0.2) is 4.79 Å². The standard InChI is InChI=1S/C28H36ClN3O3SSi/c1-28(2,3)37(4,5)35-17-21-15-24-26(36-21)22(8-10-30-24)23-14-19(29)13-18-7-6-11-32(25(18)23)20-9-12-31(16-20)27(33)34/h8,10,13-15,20H,6-7,9,11-12,16-17H2,1-5H3,(H,33,34). The zero-order valence-corrected chi connectivity index (χ0v) is 24.9. The van der Waals surface area contributed by atoms with Crippen molar-refractivity contribution in [3.05, 3.63) is 45.9 Å². The van der Waals surface area contributed by atoms with E-state index in [1.54, 1.807) is 11.3 Å². The van der Waals surface area contributed by atoms with Crippen molar-refractivity contribution in [3.8, 4) is 11.1 Å². The zero-order chi connectivity index (χ0) is 26.5. The highest BCUT2D eigenvalue weighted by Crippen LogP contribution is 2.45. The summed E-state index contributed by atoms with van der Waals surface area (Å²) in [6, 6.07) is 8.58. The number of amides is 1. The first-order valence-electron chi connectivity index (χ1n) is 13.0. The van der Waals surface area contributed by atoms with Crippen LogP contribution in [0.1, 0.15) is 44.1 Å². The van der Waals surface area contributed by atoms with Gasteiger partial charge < -0.3 is 19.3 Å². The molecule has 0 saturated carbocycles. The van der Waals surface area contributed by atoms with Crippen LogP contribution in [0.3, 0.4) is 0 Å². The van der Waals surface area contributed by atoms with Gasteiger partial charge in [-0.15, -0.1) is 11.3 Å². The second-order valence-electron chi connectivity index (χ2n) is 11.8. The largest absolute Gasteiger partial charge is 0.465 e. The number of carbonyl (C=O) groups is 1. The Labute approximate surface area is 229 Å². The van der Waals surface area contributed by atoms with Crippen molar-refractivity contribution in [1.29, 1.82) is 0 Å². The summed E-state index contributed by atoms with van der Waals surface area (Å²) in [6.45, 7) is 14.0. The van der Waals surface area contributed by atoms with E-state index in [4.69, 9.17) is 16.0 Å². The Bertz CT molecular complexity index is 1340. The number of hydrogen-bond donors (Lipinski definition) is 1.